The van der Waals surface area contributed by atoms with Crippen molar-refractivity contribution in [2.45, 2.75) is 64.1 Å². The maximum Gasteiger partial charge on any atom is 0.264 e. The van der Waals surface area contributed by atoms with Crippen LogP contribution in [0.3, 0.4) is 0 Å². The second-order valence-electron chi connectivity index (χ2n) is 12.3. The molecule has 7 nitrogen and oxygen atoms in total. The van der Waals surface area contributed by atoms with Gasteiger partial charge in [0.15, 0.2) is 0 Å². The molecule has 4 rings (SSSR count). The van der Waals surface area contributed by atoms with Gasteiger partial charge in [0.25, 0.3) is 10.0 Å². The number of hydrogen-bond donors (Lipinski definition) is 1. The van der Waals surface area contributed by atoms with E-state index >= 15 is 4.39 Å². The van der Waals surface area contributed by atoms with Crippen molar-refractivity contribution in [2.75, 3.05) is 10.8 Å². The van der Waals surface area contributed by atoms with Crippen molar-refractivity contribution in [3.63, 3.8) is 0 Å². The molecule has 0 aliphatic rings. The van der Waals surface area contributed by atoms with E-state index in [4.69, 9.17) is 11.6 Å². The number of amides is 2. The molecule has 0 fully saturated rings. The Bertz CT molecular complexity index is 1790. The van der Waals surface area contributed by atoms with Gasteiger partial charge in [-0.15, -0.1) is 0 Å². The molecule has 2 amide bonds. The smallest absolute Gasteiger partial charge is 0.264 e. The predicted octanol–water partition coefficient (Wildman–Crippen LogP) is 6.85. The van der Waals surface area contributed by atoms with E-state index in [0.29, 0.717) is 5.56 Å². The number of aryl methyl sites for hydroxylation is 2. The number of benzene rings is 4. The topological polar surface area (TPSA) is 86.8 Å². The van der Waals surface area contributed by atoms with Gasteiger partial charge < -0.3 is 10.2 Å². The van der Waals surface area contributed by atoms with Crippen molar-refractivity contribution >= 4 is 39.1 Å². The van der Waals surface area contributed by atoms with E-state index in [-0.39, 0.29) is 34.1 Å². The molecular formula is C36H39ClFN3O4S. The van der Waals surface area contributed by atoms with Crippen molar-refractivity contribution < 1.29 is 22.4 Å². The van der Waals surface area contributed by atoms with Crippen molar-refractivity contribution in [1.82, 2.24) is 10.2 Å². The van der Waals surface area contributed by atoms with Crippen LogP contribution >= 0.6 is 11.6 Å². The summed E-state index contributed by atoms with van der Waals surface area (Å²) < 4.78 is 44.6. The summed E-state index contributed by atoms with van der Waals surface area (Å²) in [5.74, 6) is -1.69. The molecule has 1 atom stereocenters. The monoisotopic (exact) mass is 663 g/mol. The summed E-state index contributed by atoms with van der Waals surface area (Å²) in [6, 6.07) is 25.2. The summed E-state index contributed by atoms with van der Waals surface area (Å²) >= 11 is 6.33. The molecule has 1 N–H and O–H groups in total. The van der Waals surface area contributed by atoms with Crippen LogP contribution in [0.25, 0.3) is 0 Å². The molecule has 0 aromatic heterocycles. The van der Waals surface area contributed by atoms with Gasteiger partial charge in [-0.25, -0.2) is 12.8 Å². The fourth-order valence-electron chi connectivity index (χ4n) is 5.02. The summed E-state index contributed by atoms with van der Waals surface area (Å²) in [4.78, 5) is 29.7. The molecule has 4 aromatic carbocycles. The third-order valence-corrected chi connectivity index (χ3v) is 9.40. The molecule has 0 bridgehead atoms. The zero-order valence-electron chi connectivity index (χ0n) is 26.6. The van der Waals surface area contributed by atoms with Crippen LogP contribution in [0.2, 0.25) is 5.02 Å². The number of anilines is 1. The van der Waals surface area contributed by atoms with Gasteiger partial charge >= 0.3 is 0 Å². The maximum atomic E-state index is 15.1. The molecular weight excluding hydrogens is 625 g/mol. The van der Waals surface area contributed by atoms with E-state index in [1.54, 1.807) is 43.3 Å². The van der Waals surface area contributed by atoms with Crippen LogP contribution in [-0.4, -0.2) is 43.3 Å². The van der Waals surface area contributed by atoms with Crippen molar-refractivity contribution in [2.24, 2.45) is 0 Å². The first-order valence-electron chi connectivity index (χ1n) is 14.9. The average Bonchev–Trinajstić information content (AvgIpc) is 2.99. The lowest BCUT2D eigenvalue weighted by molar-refractivity contribution is -0.140. The van der Waals surface area contributed by atoms with Crippen LogP contribution < -0.4 is 9.62 Å². The normalized spacial score (nSPS) is 12.3. The molecule has 0 unspecified atom stereocenters. The highest BCUT2D eigenvalue weighted by molar-refractivity contribution is 7.92. The molecule has 0 aliphatic carbocycles. The minimum atomic E-state index is -4.30. The number of carbonyl (C=O) groups excluding carboxylic acids is 2. The Kier molecular flexibility index (Phi) is 10.9. The Morgan fingerprint density at radius 3 is 2.15 bits per heavy atom. The van der Waals surface area contributed by atoms with E-state index in [0.717, 1.165) is 15.4 Å². The summed E-state index contributed by atoms with van der Waals surface area (Å²) in [7, 11) is -4.30. The summed E-state index contributed by atoms with van der Waals surface area (Å²) in [5, 5.41) is 3.25. The van der Waals surface area contributed by atoms with Gasteiger partial charge in [0, 0.05) is 29.1 Å². The highest BCUT2D eigenvalue weighted by Crippen LogP contribution is 2.30. The largest absolute Gasteiger partial charge is 0.350 e. The minimum Gasteiger partial charge on any atom is -0.350 e. The second-order valence-corrected chi connectivity index (χ2v) is 14.6. The Balaban J connectivity index is 1.86. The van der Waals surface area contributed by atoms with Crippen molar-refractivity contribution in [3.05, 3.63) is 130 Å². The Hall–Kier alpha value is -4.21. The Morgan fingerprint density at radius 2 is 1.52 bits per heavy atom. The first kappa shape index (κ1) is 34.7. The van der Waals surface area contributed by atoms with Gasteiger partial charge in [0.05, 0.1) is 10.6 Å². The van der Waals surface area contributed by atoms with E-state index in [2.05, 4.69) is 5.32 Å². The first-order chi connectivity index (χ1) is 21.7. The highest BCUT2D eigenvalue weighted by atomic mass is 35.5. The number of rotatable bonds is 11. The van der Waals surface area contributed by atoms with Gasteiger partial charge in [0.1, 0.15) is 18.4 Å². The second kappa shape index (κ2) is 14.5. The van der Waals surface area contributed by atoms with Crippen LogP contribution in [0.5, 0.6) is 0 Å². The van der Waals surface area contributed by atoms with E-state index in [9.17, 15) is 18.0 Å². The quantitative estimate of drug-likeness (QED) is 0.190. The molecule has 10 heteroatoms. The third kappa shape index (κ3) is 8.73. The minimum absolute atomic E-state index is 0.0164. The Morgan fingerprint density at radius 1 is 0.891 bits per heavy atom. The highest BCUT2D eigenvalue weighted by Gasteiger charge is 2.36. The van der Waals surface area contributed by atoms with Gasteiger partial charge in [-0.3, -0.25) is 13.9 Å². The van der Waals surface area contributed by atoms with E-state index in [1.165, 1.54) is 35.2 Å². The lowest BCUT2D eigenvalue weighted by Crippen LogP contribution is -2.56. The molecule has 242 valence electrons. The first-order valence-corrected chi connectivity index (χ1v) is 16.7. The van der Waals surface area contributed by atoms with Gasteiger partial charge in [-0.2, -0.15) is 0 Å². The van der Waals surface area contributed by atoms with Gasteiger partial charge in [0.2, 0.25) is 11.8 Å². The van der Waals surface area contributed by atoms with Gasteiger partial charge in [-0.05, 0) is 76.1 Å². The fourth-order valence-corrected chi connectivity index (χ4v) is 6.66. The predicted molar refractivity (Wildman–Crippen MR) is 181 cm³/mol. The molecule has 4 aromatic rings. The molecule has 0 saturated carbocycles. The fraction of sp³-hybridized carbons (Fsp3) is 0.278. The third-order valence-electron chi connectivity index (χ3n) is 7.40. The van der Waals surface area contributed by atoms with Crippen molar-refractivity contribution in [1.29, 1.82) is 0 Å². The van der Waals surface area contributed by atoms with Crippen molar-refractivity contribution in [3.8, 4) is 0 Å². The molecule has 46 heavy (non-hydrogen) atoms. The van der Waals surface area contributed by atoms with E-state index in [1.807, 2.05) is 58.0 Å². The number of hydrogen-bond acceptors (Lipinski definition) is 4. The molecule has 0 saturated heterocycles. The van der Waals surface area contributed by atoms with Crippen LogP contribution in [0.1, 0.15) is 43.0 Å². The number of halogens is 2. The molecule has 0 heterocycles. The number of carbonyl (C=O) groups is 2. The number of nitrogens with one attached hydrogen (secondary N) is 1. The summed E-state index contributed by atoms with van der Waals surface area (Å²) in [5.41, 5.74) is 1.97. The van der Waals surface area contributed by atoms with E-state index < -0.39 is 45.8 Å². The maximum absolute atomic E-state index is 15.1. The SMILES string of the molecule is Cc1ccc(S(=O)(=O)N(CC(=O)N(Cc2ccccc2F)[C@@H](Cc2ccccc2)C(=O)NC(C)(C)C)c2cc(Cl)ccc2C)cc1. The Labute approximate surface area is 276 Å². The molecule has 0 spiro atoms. The summed E-state index contributed by atoms with van der Waals surface area (Å²) in [6.45, 7) is 8.10. The summed E-state index contributed by atoms with van der Waals surface area (Å²) in [6.07, 6.45) is 0.115. The lowest BCUT2D eigenvalue weighted by Gasteiger charge is -2.35. The van der Waals surface area contributed by atoms with Crippen LogP contribution in [0.4, 0.5) is 10.1 Å². The van der Waals surface area contributed by atoms with Crippen LogP contribution in [0.15, 0.2) is 102 Å². The number of nitrogens with zero attached hydrogens (tertiary/aromatic N) is 2. The molecule has 0 aliphatic heterocycles. The molecule has 0 radical (unpaired) electrons. The standard InChI is InChI=1S/C36H39ClFN3O4S/c1-25-15-19-30(20-16-25)46(44,45)41(32-22-29(37)18-17-26(32)2)24-34(42)40(23-28-13-9-10-14-31(28)38)33(35(43)39-36(3,4)5)21-27-11-7-6-8-12-27/h6-20,22,33H,21,23-24H2,1-5H3,(H,39,43)/t33-/m0/s1. The lowest BCUT2D eigenvalue weighted by atomic mass is 10.0. The van der Waals surface area contributed by atoms with Gasteiger partial charge in [-0.1, -0.05) is 83.9 Å². The van der Waals surface area contributed by atoms with Crippen LogP contribution in [-0.2, 0) is 32.6 Å². The average molecular weight is 664 g/mol. The zero-order chi connectivity index (χ0) is 33.6. The number of sulfonamides is 1. The zero-order valence-corrected chi connectivity index (χ0v) is 28.2. The van der Waals surface area contributed by atoms with Crippen LogP contribution in [0, 0.1) is 19.7 Å².